The molecular formula is C33H32F4N6O2S. The van der Waals surface area contributed by atoms with Gasteiger partial charge in [0.2, 0.25) is 0 Å². The van der Waals surface area contributed by atoms with Crippen molar-refractivity contribution in [1.29, 1.82) is 0 Å². The Morgan fingerprint density at radius 1 is 1.13 bits per heavy atom. The van der Waals surface area contributed by atoms with Crippen molar-refractivity contribution in [1.82, 2.24) is 20.1 Å². The number of hydrogen-bond acceptors (Lipinski definition) is 5. The van der Waals surface area contributed by atoms with E-state index in [0.717, 1.165) is 42.5 Å². The van der Waals surface area contributed by atoms with E-state index < -0.39 is 18.2 Å². The topological polar surface area (TPSA) is 84.6 Å². The summed E-state index contributed by atoms with van der Waals surface area (Å²) in [5.74, 6) is 0.143. The Kier molecular flexibility index (Phi) is 10.1. The molecule has 1 aliphatic rings. The number of amides is 2. The largest absolute Gasteiger partial charge is 0.573 e. The fourth-order valence-electron chi connectivity index (χ4n) is 4.94. The first-order valence-electron chi connectivity index (χ1n) is 14.7. The summed E-state index contributed by atoms with van der Waals surface area (Å²) in [6, 6.07) is 17.3. The quantitative estimate of drug-likeness (QED) is 0.192. The molecule has 3 aromatic carbocycles. The number of thioether (sulfide) groups is 1. The van der Waals surface area contributed by atoms with Crippen molar-refractivity contribution in [3.63, 3.8) is 0 Å². The first-order valence-corrected chi connectivity index (χ1v) is 15.6. The normalized spacial score (nSPS) is 16.5. The maximum Gasteiger partial charge on any atom is 0.573 e. The Morgan fingerprint density at radius 2 is 1.87 bits per heavy atom. The second-order valence-electron chi connectivity index (χ2n) is 10.7. The Bertz CT molecular complexity index is 1740. The van der Waals surface area contributed by atoms with E-state index in [-0.39, 0.29) is 17.4 Å². The number of ether oxygens (including phenoxy) is 1. The lowest BCUT2D eigenvalue weighted by atomic mass is 10.0. The van der Waals surface area contributed by atoms with Crippen molar-refractivity contribution in [2.45, 2.75) is 52.4 Å². The number of amidine groups is 1. The monoisotopic (exact) mass is 652 g/mol. The molecule has 1 fully saturated rings. The van der Waals surface area contributed by atoms with Gasteiger partial charge >= 0.3 is 12.4 Å². The smallest absolute Gasteiger partial charge is 0.406 e. The molecule has 8 nitrogen and oxygen atoms in total. The Balaban J connectivity index is 1.25. The van der Waals surface area contributed by atoms with Gasteiger partial charge in [-0.1, -0.05) is 61.5 Å². The maximum atomic E-state index is 15.0. The minimum Gasteiger partial charge on any atom is -0.406 e. The molecule has 2 amide bonds. The number of alkyl halides is 3. The molecule has 2 heterocycles. The number of nitrogens with one attached hydrogen (secondary N) is 1. The molecule has 0 aliphatic carbocycles. The predicted molar refractivity (Wildman–Crippen MR) is 173 cm³/mol. The minimum atomic E-state index is -4.78. The van der Waals surface area contributed by atoms with Crippen LogP contribution in [0.5, 0.6) is 5.75 Å². The van der Waals surface area contributed by atoms with Gasteiger partial charge in [0.15, 0.2) is 11.0 Å². The second-order valence-corrected chi connectivity index (χ2v) is 11.8. The highest BCUT2D eigenvalue weighted by molar-refractivity contribution is 8.14. The number of urea groups is 1. The third-order valence-electron chi connectivity index (χ3n) is 7.20. The third-order valence-corrected chi connectivity index (χ3v) is 8.18. The van der Waals surface area contributed by atoms with Crippen LogP contribution in [0.1, 0.15) is 43.4 Å². The maximum absolute atomic E-state index is 15.0. The van der Waals surface area contributed by atoms with E-state index in [1.165, 1.54) is 64.7 Å². The first kappa shape index (κ1) is 32.7. The van der Waals surface area contributed by atoms with Gasteiger partial charge in [-0.05, 0) is 68.1 Å². The molecule has 0 bridgehead atoms. The van der Waals surface area contributed by atoms with Crippen LogP contribution in [0.3, 0.4) is 0 Å². The van der Waals surface area contributed by atoms with E-state index in [1.54, 1.807) is 12.1 Å². The van der Waals surface area contributed by atoms with Crippen molar-refractivity contribution >= 4 is 34.5 Å². The van der Waals surface area contributed by atoms with E-state index in [1.807, 2.05) is 6.92 Å². The molecule has 1 aliphatic heterocycles. The Hall–Kier alpha value is -4.65. The SMILES string of the molecule is CCCc1ccc(C)cc1N1C(=NC(=O)N/C=C(\F)c2ccc(-c3ncn(-c4ccc(OC(F)(F)F)cc4)n3)cc2)SCCC1C. The molecule has 5 rings (SSSR count). The number of rotatable bonds is 8. The molecule has 46 heavy (non-hydrogen) atoms. The number of benzene rings is 3. The van der Waals surface area contributed by atoms with Crippen molar-refractivity contribution in [2.75, 3.05) is 10.7 Å². The number of carbonyl (C=O) groups is 1. The number of halogens is 4. The van der Waals surface area contributed by atoms with Crippen molar-refractivity contribution in [2.24, 2.45) is 4.99 Å². The molecule has 0 saturated carbocycles. The van der Waals surface area contributed by atoms with Crippen LogP contribution in [0.25, 0.3) is 22.9 Å². The van der Waals surface area contributed by atoms with E-state index in [9.17, 15) is 18.0 Å². The predicted octanol–water partition coefficient (Wildman–Crippen LogP) is 8.46. The highest BCUT2D eigenvalue weighted by atomic mass is 32.2. The average Bonchev–Trinajstić information content (AvgIpc) is 3.51. The van der Waals surface area contributed by atoms with Gasteiger partial charge in [-0.25, -0.2) is 18.9 Å². The van der Waals surface area contributed by atoms with E-state index in [2.05, 4.69) is 62.1 Å². The molecular weight excluding hydrogens is 620 g/mol. The number of aryl methyl sites for hydroxylation is 2. The van der Waals surface area contributed by atoms with Gasteiger partial charge in [-0.15, -0.1) is 18.3 Å². The molecule has 1 aromatic heterocycles. The van der Waals surface area contributed by atoms with E-state index in [0.29, 0.717) is 22.2 Å². The fourth-order valence-corrected chi connectivity index (χ4v) is 6.15. The molecule has 1 atom stereocenters. The number of carbonyl (C=O) groups excluding carboxylic acids is 1. The average molecular weight is 653 g/mol. The number of aromatic nitrogens is 3. The Morgan fingerprint density at radius 3 is 2.57 bits per heavy atom. The van der Waals surface area contributed by atoms with Crippen LogP contribution in [0.2, 0.25) is 0 Å². The number of hydrogen-bond donors (Lipinski definition) is 1. The summed E-state index contributed by atoms with van der Waals surface area (Å²) in [5, 5.41) is 7.38. The zero-order valence-corrected chi connectivity index (χ0v) is 26.2. The van der Waals surface area contributed by atoms with Gasteiger partial charge in [-0.2, -0.15) is 4.99 Å². The summed E-state index contributed by atoms with van der Waals surface area (Å²) in [6.07, 6.45) is 0.459. The number of aliphatic imine (C=N–C) groups is 1. The van der Waals surface area contributed by atoms with Crippen LogP contribution < -0.4 is 15.0 Å². The molecule has 1 saturated heterocycles. The van der Waals surface area contributed by atoms with Crippen molar-refractivity contribution in [3.8, 4) is 22.8 Å². The Labute approximate surface area is 268 Å². The molecule has 13 heteroatoms. The standard InChI is InChI=1S/C33H32F4N6O2S/c1-4-5-24-7-6-21(2)18-29(24)43-22(3)16-17-46-32(43)40-31(44)38-19-28(34)23-8-10-25(11-9-23)30-39-20-42(41-30)26-12-14-27(15-13-26)45-33(35,36)37/h6-15,18-20,22H,4-5,16-17H2,1-3H3,(H,38,44)/b28-19-,40-32?. The van der Waals surface area contributed by atoms with Gasteiger partial charge in [0.1, 0.15) is 17.9 Å². The van der Waals surface area contributed by atoms with Gasteiger partial charge in [0.25, 0.3) is 0 Å². The summed E-state index contributed by atoms with van der Waals surface area (Å²) in [7, 11) is 0. The molecule has 0 radical (unpaired) electrons. The first-order chi connectivity index (χ1) is 22.0. The van der Waals surface area contributed by atoms with Crippen molar-refractivity contribution < 1.29 is 27.1 Å². The van der Waals surface area contributed by atoms with E-state index >= 15 is 4.39 Å². The molecule has 1 N–H and O–H groups in total. The lowest BCUT2D eigenvalue weighted by Gasteiger charge is -2.37. The van der Waals surface area contributed by atoms with Crippen LogP contribution in [-0.2, 0) is 6.42 Å². The molecule has 240 valence electrons. The summed E-state index contributed by atoms with van der Waals surface area (Å²) in [4.78, 5) is 23.5. The zero-order chi connectivity index (χ0) is 32.8. The van der Waals surface area contributed by atoms with Crippen molar-refractivity contribution in [3.05, 3.63) is 95.9 Å². The lowest BCUT2D eigenvalue weighted by Crippen LogP contribution is -2.42. The lowest BCUT2D eigenvalue weighted by molar-refractivity contribution is -0.274. The zero-order valence-electron chi connectivity index (χ0n) is 25.4. The number of nitrogens with zero attached hydrogens (tertiary/aromatic N) is 5. The van der Waals surface area contributed by atoms with Crippen LogP contribution in [0.4, 0.5) is 28.0 Å². The molecule has 4 aromatic rings. The third kappa shape index (κ3) is 8.13. The van der Waals surface area contributed by atoms with Crippen LogP contribution in [0, 0.1) is 6.92 Å². The fraction of sp³-hybridized carbons (Fsp3) is 0.273. The van der Waals surface area contributed by atoms with Gasteiger partial charge in [0.05, 0.1) is 5.69 Å². The van der Waals surface area contributed by atoms with Crippen LogP contribution in [-0.4, -0.2) is 44.1 Å². The van der Waals surface area contributed by atoms with Crippen LogP contribution in [0.15, 0.2) is 84.2 Å². The molecule has 0 spiro atoms. The van der Waals surface area contributed by atoms with Gasteiger partial charge < -0.3 is 15.0 Å². The van der Waals surface area contributed by atoms with Gasteiger partial charge in [-0.3, -0.25) is 0 Å². The van der Waals surface area contributed by atoms with E-state index in [4.69, 9.17) is 0 Å². The second kappa shape index (κ2) is 14.2. The highest BCUT2D eigenvalue weighted by Gasteiger charge is 2.31. The number of anilines is 1. The van der Waals surface area contributed by atoms with Gasteiger partial charge in [0, 0.05) is 34.8 Å². The van der Waals surface area contributed by atoms with Crippen LogP contribution >= 0.6 is 11.8 Å². The highest BCUT2D eigenvalue weighted by Crippen LogP contribution is 2.33. The minimum absolute atomic E-state index is 0.148. The summed E-state index contributed by atoms with van der Waals surface area (Å²) < 4.78 is 57.6. The summed E-state index contributed by atoms with van der Waals surface area (Å²) in [6.45, 7) is 6.28. The molecule has 1 unspecified atom stereocenters. The summed E-state index contributed by atoms with van der Waals surface area (Å²) >= 11 is 1.50. The summed E-state index contributed by atoms with van der Waals surface area (Å²) in [5.41, 5.74) is 4.65.